The number of sulfonamides is 1. The van der Waals surface area contributed by atoms with Crippen LogP contribution in [0, 0.1) is 5.92 Å². The molecule has 0 aromatic heterocycles. The number of anilines is 1. The topological polar surface area (TPSA) is 96.5 Å². The molecular formula is C21H27N3O4S2. The summed E-state index contributed by atoms with van der Waals surface area (Å²) in [6.45, 7) is 6.99. The van der Waals surface area contributed by atoms with Crippen LogP contribution in [0.1, 0.15) is 37.6 Å². The highest BCUT2D eigenvalue weighted by Gasteiger charge is 2.13. The van der Waals surface area contributed by atoms with Gasteiger partial charge in [0, 0.05) is 17.8 Å². The SMILES string of the molecule is CCCNS(=O)(=O)c1ccc(NC(=S)NC(=O)c2ccc(OCC(C)C)cc2)cc1. The minimum absolute atomic E-state index is 0.111. The first-order valence-corrected chi connectivity index (χ1v) is 11.6. The molecule has 2 rings (SSSR count). The van der Waals surface area contributed by atoms with E-state index in [0.29, 0.717) is 42.5 Å². The van der Waals surface area contributed by atoms with Gasteiger partial charge in [-0.05, 0) is 73.1 Å². The second-order valence-corrected chi connectivity index (χ2v) is 9.23. The minimum atomic E-state index is -3.53. The van der Waals surface area contributed by atoms with Gasteiger partial charge in [-0.2, -0.15) is 0 Å². The summed E-state index contributed by atoms with van der Waals surface area (Å²) >= 11 is 5.17. The third-order valence-corrected chi connectivity index (χ3v) is 5.57. The fourth-order valence-corrected chi connectivity index (χ4v) is 3.68. The molecule has 30 heavy (non-hydrogen) atoms. The molecule has 0 unspecified atom stereocenters. The lowest BCUT2D eigenvalue weighted by Crippen LogP contribution is -2.34. The summed E-state index contributed by atoms with van der Waals surface area (Å²) in [5, 5.41) is 5.58. The van der Waals surface area contributed by atoms with Gasteiger partial charge >= 0.3 is 0 Å². The molecular weight excluding hydrogens is 422 g/mol. The lowest BCUT2D eigenvalue weighted by atomic mass is 10.2. The number of hydrogen-bond donors (Lipinski definition) is 3. The monoisotopic (exact) mass is 449 g/mol. The van der Waals surface area contributed by atoms with Crippen molar-refractivity contribution in [2.24, 2.45) is 5.92 Å². The van der Waals surface area contributed by atoms with Crippen LogP contribution >= 0.6 is 12.2 Å². The highest BCUT2D eigenvalue weighted by Crippen LogP contribution is 2.15. The Labute approximate surface area is 183 Å². The molecule has 7 nitrogen and oxygen atoms in total. The Morgan fingerprint density at radius 1 is 1.07 bits per heavy atom. The van der Waals surface area contributed by atoms with Crippen LogP contribution in [0.2, 0.25) is 0 Å². The van der Waals surface area contributed by atoms with E-state index in [-0.39, 0.29) is 15.9 Å². The van der Waals surface area contributed by atoms with Crippen molar-refractivity contribution in [1.29, 1.82) is 0 Å². The maximum Gasteiger partial charge on any atom is 0.257 e. The van der Waals surface area contributed by atoms with E-state index in [9.17, 15) is 13.2 Å². The van der Waals surface area contributed by atoms with Gasteiger partial charge in [0.05, 0.1) is 11.5 Å². The van der Waals surface area contributed by atoms with Gasteiger partial charge in [0.1, 0.15) is 5.75 Å². The van der Waals surface area contributed by atoms with Gasteiger partial charge < -0.3 is 10.1 Å². The maximum atomic E-state index is 12.3. The first-order chi connectivity index (χ1) is 14.2. The number of nitrogens with one attached hydrogen (secondary N) is 3. The van der Waals surface area contributed by atoms with Gasteiger partial charge in [-0.1, -0.05) is 20.8 Å². The van der Waals surface area contributed by atoms with Gasteiger partial charge in [-0.3, -0.25) is 10.1 Å². The highest BCUT2D eigenvalue weighted by atomic mass is 32.2. The first-order valence-electron chi connectivity index (χ1n) is 9.66. The molecule has 162 valence electrons. The van der Waals surface area contributed by atoms with Crippen LogP contribution in [0.5, 0.6) is 5.75 Å². The zero-order chi connectivity index (χ0) is 22.1. The lowest BCUT2D eigenvalue weighted by Gasteiger charge is -2.11. The molecule has 2 aromatic rings. The number of ether oxygens (including phenoxy) is 1. The Kier molecular flexibility index (Phi) is 8.76. The molecule has 0 aliphatic carbocycles. The van der Waals surface area contributed by atoms with Crippen LogP contribution in [0.15, 0.2) is 53.4 Å². The van der Waals surface area contributed by atoms with Crippen molar-refractivity contribution < 1.29 is 17.9 Å². The van der Waals surface area contributed by atoms with E-state index >= 15 is 0 Å². The van der Waals surface area contributed by atoms with Crippen molar-refractivity contribution in [3.05, 3.63) is 54.1 Å². The summed E-state index contributed by atoms with van der Waals surface area (Å²) in [6, 6.07) is 12.9. The number of thiocarbonyl (C=S) groups is 1. The van der Waals surface area contributed by atoms with Gasteiger partial charge in [-0.25, -0.2) is 13.1 Å². The number of amides is 1. The number of rotatable bonds is 9. The molecule has 0 atom stereocenters. The molecule has 0 heterocycles. The van der Waals surface area contributed by atoms with Crippen molar-refractivity contribution in [3.8, 4) is 5.75 Å². The molecule has 0 spiro atoms. The third kappa shape index (κ3) is 7.40. The van der Waals surface area contributed by atoms with E-state index in [1.807, 2.05) is 6.92 Å². The van der Waals surface area contributed by atoms with Crippen molar-refractivity contribution in [3.63, 3.8) is 0 Å². The van der Waals surface area contributed by atoms with Crippen LogP contribution in [-0.2, 0) is 10.0 Å². The second kappa shape index (κ2) is 11.1. The number of hydrogen-bond acceptors (Lipinski definition) is 5. The summed E-state index contributed by atoms with van der Waals surface area (Å²) < 4.78 is 32.3. The zero-order valence-electron chi connectivity index (χ0n) is 17.3. The Balaban J connectivity index is 1.91. The van der Waals surface area contributed by atoms with Gasteiger partial charge in [-0.15, -0.1) is 0 Å². The van der Waals surface area contributed by atoms with E-state index in [2.05, 4.69) is 29.2 Å². The van der Waals surface area contributed by atoms with E-state index in [4.69, 9.17) is 17.0 Å². The lowest BCUT2D eigenvalue weighted by molar-refractivity contribution is 0.0977. The fourth-order valence-electron chi connectivity index (χ4n) is 2.34. The van der Waals surface area contributed by atoms with E-state index in [1.54, 1.807) is 36.4 Å². The number of benzene rings is 2. The molecule has 1 amide bonds. The molecule has 0 bridgehead atoms. The fraction of sp³-hybridized carbons (Fsp3) is 0.333. The Morgan fingerprint density at radius 3 is 2.27 bits per heavy atom. The third-order valence-electron chi connectivity index (χ3n) is 3.89. The van der Waals surface area contributed by atoms with Crippen molar-refractivity contribution in [2.75, 3.05) is 18.5 Å². The van der Waals surface area contributed by atoms with Gasteiger partial charge in [0.15, 0.2) is 5.11 Å². The standard InChI is InChI=1S/C21H27N3O4S2/c1-4-13-22-30(26,27)19-11-7-17(8-12-19)23-21(29)24-20(25)16-5-9-18(10-6-16)28-14-15(2)3/h5-12,15,22H,4,13-14H2,1-3H3,(H2,23,24,25,29). The quantitative estimate of drug-likeness (QED) is 0.507. The Bertz CT molecular complexity index is 957. The minimum Gasteiger partial charge on any atom is -0.493 e. The average molecular weight is 450 g/mol. The summed E-state index contributed by atoms with van der Waals surface area (Å²) in [4.78, 5) is 12.5. The Morgan fingerprint density at radius 2 is 1.70 bits per heavy atom. The first kappa shape index (κ1) is 23.8. The Hall–Kier alpha value is -2.49. The molecule has 2 aromatic carbocycles. The van der Waals surface area contributed by atoms with Crippen LogP contribution in [0.25, 0.3) is 0 Å². The maximum absolute atomic E-state index is 12.3. The van der Waals surface area contributed by atoms with Gasteiger partial charge in [0.25, 0.3) is 5.91 Å². The molecule has 0 aliphatic heterocycles. The molecule has 3 N–H and O–H groups in total. The summed E-state index contributed by atoms with van der Waals surface area (Å²) in [5.41, 5.74) is 1.01. The second-order valence-electron chi connectivity index (χ2n) is 7.06. The van der Waals surface area contributed by atoms with Crippen LogP contribution in [0.3, 0.4) is 0 Å². The smallest absolute Gasteiger partial charge is 0.257 e. The molecule has 0 saturated heterocycles. The van der Waals surface area contributed by atoms with E-state index < -0.39 is 10.0 Å². The highest BCUT2D eigenvalue weighted by molar-refractivity contribution is 7.89. The van der Waals surface area contributed by atoms with Crippen LogP contribution < -0.4 is 20.1 Å². The molecule has 0 fully saturated rings. The largest absolute Gasteiger partial charge is 0.493 e. The summed E-state index contributed by atoms with van der Waals surface area (Å²) in [7, 11) is -3.53. The van der Waals surface area contributed by atoms with Crippen molar-refractivity contribution >= 4 is 38.9 Å². The van der Waals surface area contributed by atoms with Crippen molar-refractivity contribution in [1.82, 2.24) is 10.0 Å². The zero-order valence-corrected chi connectivity index (χ0v) is 18.9. The number of carbonyl (C=O) groups is 1. The van der Waals surface area contributed by atoms with Crippen LogP contribution in [-0.4, -0.2) is 32.6 Å². The summed E-state index contributed by atoms with van der Waals surface area (Å²) in [6.07, 6.45) is 0.709. The van der Waals surface area contributed by atoms with Gasteiger partial charge in [0.2, 0.25) is 10.0 Å². The predicted octanol–water partition coefficient (Wildman–Crippen LogP) is 3.54. The molecule has 0 saturated carbocycles. The van der Waals surface area contributed by atoms with Crippen molar-refractivity contribution in [2.45, 2.75) is 32.1 Å². The van der Waals surface area contributed by atoms with Crippen LogP contribution in [0.4, 0.5) is 5.69 Å². The number of carbonyl (C=O) groups excluding carboxylic acids is 1. The summed E-state index contributed by atoms with van der Waals surface area (Å²) in [5.74, 6) is 0.758. The van der Waals surface area contributed by atoms with E-state index in [0.717, 1.165) is 0 Å². The molecule has 0 aliphatic rings. The van der Waals surface area contributed by atoms with E-state index in [1.165, 1.54) is 12.1 Å². The normalized spacial score (nSPS) is 11.2. The average Bonchev–Trinajstić information content (AvgIpc) is 2.71. The molecule has 9 heteroatoms. The molecule has 0 radical (unpaired) electrons. The predicted molar refractivity (Wildman–Crippen MR) is 122 cm³/mol.